The van der Waals surface area contributed by atoms with Crippen LogP contribution in [0.4, 0.5) is 8.78 Å². The van der Waals surface area contributed by atoms with E-state index in [1.807, 2.05) is 0 Å². The summed E-state index contributed by atoms with van der Waals surface area (Å²) in [5.74, 6) is -0.905. The first-order valence-corrected chi connectivity index (χ1v) is 5.02. The minimum Gasteiger partial charge on any atom is -0.481 e. The van der Waals surface area contributed by atoms with Gasteiger partial charge in [0.05, 0.1) is 19.3 Å². The van der Waals surface area contributed by atoms with Crippen molar-refractivity contribution in [1.82, 2.24) is 4.98 Å². The molecule has 0 spiro atoms. The number of hydrogen-bond donors (Lipinski definition) is 0. The Balaban J connectivity index is 3.22. The molecule has 6 heteroatoms. The highest BCUT2D eigenvalue weighted by Crippen LogP contribution is 2.30. The zero-order valence-corrected chi connectivity index (χ0v) is 9.79. The third kappa shape index (κ3) is 2.89. The largest absolute Gasteiger partial charge is 0.481 e. The number of aryl methyl sites for hydroxylation is 1. The number of esters is 1. The van der Waals surface area contributed by atoms with Gasteiger partial charge in [0, 0.05) is 0 Å². The third-order valence-corrected chi connectivity index (χ3v) is 2.13. The highest BCUT2D eigenvalue weighted by atomic mass is 19.3. The van der Waals surface area contributed by atoms with Crippen LogP contribution in [0.2, 0.25) is 0 Å². The summed E-state index contributed by atoms with van der Waals surface area (Å²) in [5, 5.41) is 0. The second-order valence-electron chi connectivity index (χ2n) is 3.27. The van der Waals surface area contributed by atoms with Crippen molar-refractivity contribution in [2.75, 3.05) is 13.7 Å². The Hall–Kier alpha value is -1.72. The molecule has 0 atom stereocenters. The first kappa shape index (κ1) is 13.3. The van der Waals surface area contributed by atoms with Crippen LogP contribution in [0.5, 0.6) is 5.88 Å². The van der Waals surface area contributed by atoms with Crippen LogP contribution in [0.1, 0.15) is 35.0 Å². The fraction of sp³-hybridized carbons (Fsp3) is 0.455. The molecule has 0 amide bonds. The molecule has 0 aromatic carbocycles. The number of nitrogens with zero attached hydrogens (tertiary/aromatic N) is 1. The lowest BCUT2D eigenvalue weighted by Gasteiger charge is -2.11. The van der Waals surface area contributed by atoms with E-state index in [2.05, 4.69) is 4.98 Å². The van der Waals surface area contributed by atoms with E-state index in [9.17, 15) is 13.6 Å². The zero-order valence-electron chi connectivity index (χ0n) is 9.79. The van der Waals surface area contributed by atoms with Gasteiger partial charge in [-0.25, -0.2) is 18.6 Å². The number of ether oxygens (including phenoxy) is 2. The van der Waals surface area contributed by atoms with Crippen molar-refractivity contribution >= 4 is 5.97 Å². The summed E-state index contributed by atoms with van der Waals surface area (Å²) in [4.78, 5) is 15.1. The third-order valence-electron chi connectivity index (χ3n) is 2.13. The van der Waals surface area contributed by atoms with Crippen molar-refractivity contribution in [1.29, 1.82) is 0 Å². The second kappa shape index (κ2) is 5.56. The number of carbonyl (C=O) groups is 1. The molecular formula is C11H13F2NO3. The predicted molar refractivity (Wildman–Crippen MR) is 56.4 cm³/mol. The number of hydrogen-bond acceptors (Lipinski definition) is 4. The first-order chi connectivity index (χ1) is 8.01. The van der Waals surface area contributed by atoms with Gasteiger partial charge in [-0.05, 0) is 25.5 Å². The fourth-order valence-electron chi connectivity index (χ4n) is 1.38. The average molecular weight is 245 g/mol. The van der Waals surface area contributed by atoms with Crippen LogP contribution in [0.25, 0.3) is 0 Å². The lowest BCUT2D eigenvalue weighted by atomic mass is 10.1. The zero-order chi connectivity index (χ0) is 13.0. The maximum Gasteiger partial charge on any atom is 0.357 e. The second-order valence-corrected chi connectivity index (χ2v) is 3.27. The molecule has 1 aromatic heterocycles. The summed E-state index contributed by atoms with van der Waals surface area (Å²) in [7, 11) is 1.22. The number of carbonyl (C=O) groups excluding carboxylic acids is 1. The smallest absolute Gasteiger partial charge is 0.357 e. The highest BCUT2D eigenvalue weighted by molar-refractivity contribution is 5.87. The van der Waals surface area contributed by atoms with Crippen LogP contribution >= 0.6 is 0 Å². The van der Waals surface area contributed by atoms with Gasteiger partial charge in [-0.2, -0.15) is 0 Å². The standard InChI is InChI=1S/C11H13F2NO3/c1-4-17-11(15)7-5-6(2)8(9(12)13)10(14-7)16-3/h5,9H,4H2,1-3H3. The Morgan fingerprint density at radius 3 is 2.65 bits per heavy atom. The molecule has 0 unspecified atom stereocenters. The molecule has 0 aliphatic heterocycles. The highest BCUT2D eigenvalue weighted by Gasteiger charge is 2.21. The molecule has 1 heterocycles. The molecule has 94 valence electrons. The number of methoxy groups -OCH3 is 1. The molecule has 0 bridgehead atoms. The Morgan fingerprint density at radius 2 is 2.18 bits per heavy atom. The van der Waals surface area contributed by atoms with Crippen LogP contribution in [-0.2, 0) is 4.74 Å². The molecule has 0 saturated carbocycles. The normalized spacial score (nSPS) is 10.5. The van der Waals surface area contributed by atoms with Crippen molar-refractivity contribution < 1.29 is 23.0 Å². The van der Waals surface area contributed by atoms with Gasteiger partial charge in [-0.3, -0.25) is 0 Å². The molecule has 0 aliphatic rings. The Kier molecular flexibility index (Phi) is 4.37. The van der Waals surface area contributed by atoms with Crippen molar-refractivity contribution in [3.63, 3.8) is 0 Å². The number of rotatable bonds is 4. The number of pyridine rings is 1. The van der Waals surface area contributed by atoms with E-state index in [1.54, 1.807) is 6.92 Å². The molecule has 1 rings (SSSR count). The molecule has 0 fully saturated rings. The number of halogens is 2. The molecule has 0 aliphatic carbocycles. The Bertz CT molecular complexity index is 421. The Labute approximate surface area is 97.6 Å². The van der Waals surface area contributed by atoms with Gasteiger partial charge in [0.25, 0.3) is 6.43 Å². The van der Waals surface area contributed by atoms with Gasteiger partial charge < -0.3 is 9.47 Å². The monoisotopic (exact) mass is 245 g/mol. The topological polar surface area (TPSA) is 48.4 Å². The molecular weight excluding hydrogens is 232 g/mol. The van der Waals surface area contributed by atoms with Crippen LogP contribution in [0.3, 0.4) is 0 Å². The summed E-state index contributed by atoms with van der Waals surface area (Å²) in [6.45, 7) is 3.31. The van der Waals surface area contributed by atoms with Crippen molar-refractivity contribution in [2.24, 2.45) is 0 Å². The Morgan fingerprint density at radius 1 is 1.53 bits per heavy atom. The van der Waals surface area contributed by atoms with Gasteiger partial charge in [0.2, 0.25) is 5.88 Å². The summed E-state index contributed by atoms with van der Waals surface area (Å²) < 4.78 is 34.9. The van der Waals surface area contributed by atoms with E-state index >= 15 is 0 Å². The molecule has 1 aromatic rings. The lowest BCUT2D eigenvalue weighted by molar-refractivity contribution is 0.0517. The summed E-state index contributed by atoms with van der Waals surface area (Å²) >= 11 is 0. The number of alkyl halides is 2. The van der Waals surface area contributed by atoms with E-state index in [4.69, 9.17) is 9.47 Å². The molecule has 4 nitrogen and oxygen atoms in total. The van der Waals surface area contributed by atoms with Crippen LogP contribution in [0.15, 0.2) is 6.07 Å². The van der Waals surface area contributed by atoms with Gasteiger partial charge in [-0.15, -0.1) is 0 Å². The van der Waals surface area contributed by atoms with Gasteiger partial charge in [0.15, 0.2) is 5.69 Å². The van der Waals surface area contributed by atoms with E-state index in [1.165, 1.54) is 20.1 Å². The first-order valence-electron chi connectivity index (χ1n) is 5.02. The predicted octanol–water partition coefficient (Wildman–Crippen LogP) is 2.51. The SMILES string of the molecule is CCOC(=O)c1cc(C)c(C(F)F)c(OC)n1. The number of aromatic nitrogens is 1. The van der Waals surface area contributed by atoms with Crippen LogP contribution < -0.4 is 4.74 Å². The minimum atomic E-state index is -2.70. The van der Waals surface area contributed by atoms with Crippen molar-refractivity contribution in [2.45, 2.75) is 20.3 Å². The van der Waals surface area contributed by atoms with Gasteiger partial charge in [0.1, 0.15) is 0 Å². The van der Waals surface area contributed by atoms with Crippen molar-refractivity contribution in [3.8, 4) is 5.88 Å². The summed E-state index contributed by atoms with van der Waals surface area (Å²) in [5.41, 5.74) is -0.0962. The fourth-order valence-corrected chi connectivity index (χ4v) is 1.38. The molecule has 0 saturated heterocycles. The van der Waals surface area contributed by atoms with E-state index in [0.717, 1.165) is 0 Å². The molecule has 0 N–H and O–H groups in total. The quantitative estimate of drug-likeness (QED) is 0.765. The van der Waals surface area contributed by atoms with Gasteiger partial charge in [-0.1, -0.05) is 0 Å². The van der Waals surface area contributed by atoms with E-state index in [0.29, 0.717) is 0 Å². The maximum absolute atomic E-state index is 12.7. The van der Waals surface area contributed by atoms with E-state index < -0.39 is 12.4 Å². The molecule has 17 heavy (non-hydrogen) atoms. The minimum absolute atomic E-state index is 0.0365. The van der Waals surface area contributed by atoms with Gasteiger partial charge >= 0.3 is 5.97 Å². The van der Waals surface area contributed by atoms with E-state index in [-0.39, 0.29) is 29.3 Å². The summed E-state index contributed by atoms with van der Waals surface area (Å²) in [6.07, 6.45) is -2.70. The van der Waals surface area contributed by atoms with Crippen molar-refractivity contribution in [3.05, 3.63) is 22.9 Å². The summed E-state index contributed by atoms with van der Waals surface area (Å²) in [6, 6.07) is 1.27. The van der Waals surface area contributed by atoms with Crippen LogP contribution in [-0.4, -0.2) is 24.7 Å². The maximum atomic E-state index is 12.7. The average Bonchev–Trinajstić information content (AvgIpc) is 2.27. The molecule has 0 radical (unpaired) electrons. The lowest BCUT2D eigenvalue weighted by Crippen LogP contribution is -2.10. The van der Waals surface area contributed by atoms with Crippen LogP contribution in [0, 0.1) is 6.92 Å².